The number of halogens is 1. The Hall–Kier alpha value is -0.520. The van der Waals surface area contributed by atoms with Crippen molar-refractivity contribution in [2.75, 3.05) is 18.8 Å². The van der Waals surface area contributed by atoms with E-state index < -0.39 is 0 Å². The Morgan fingerprint density at radius 1 is 1.47 bits per heavy atom. The van der Waals surface area contributed by atoms with Crippen LogP contribution >= 0.6 is 27.7 Å². The fraction of sp³-hybridized carbons (Fsp3) is 0.500. The molecule has 1 fully saturated rings. The monoisotopic (exact) mass is 343 g/mol. The number of amides is 1. The molecular formula is C14H18BrNO2S. The van der Waals surface area contributed by atoms with Crippen LogP contribution in [0.5, 0.6) is 0 Å². The standard InChI is InChI=1S/C14H18BrNO2S/c1-10-8-11(15)2-3-13(10)19-9-14(18)16-6-4-12(17)5-7-16/h2-3,8,12,17H,4-7,9H2,1H3. The van der Waals surface area contributed by atoms with Crippen LogP contribution in [0, 0.1) is 6.92 Å². The summed E-state index contributed by atoms with van der Waals surface area (Å²) >= 11 is 5.02. The van der Waals surface area contributed by atoms with Crippen LogP contribution in [0.2, 0.25) is 0 Å². The molecular weight excluding hydrogens is 326 g/mol. The number of aliphatic hydroxyl groups excluding tert-OH is 1. The number of likely N-dealkylation sites (tertiary alicyclic amines) is 1. The lowest BCUT2D eigenvalue weighted by Crippen LogP contribution is -2.40. The molecule has 1 saturated heterocycles. The van der Waals surface area contributed by atoms with Crippen molar-refractivity contribution in [2.45, 2.75) is 30.8 Å². The Morgan fingerprint density at radius 3 is 2.79 bits per heavy atom. The third-order valence-corrected chi connectivity index (χ3v) is 4.96. The summed E-state index contributed by atoms with van der Waals surface area (Å²) in [6.07, 6.45) is 1.17. The van der Waals surface area contributed by atoms with Gasteiger partial charge >= 0.3 is 0 Å². The highest BCUT2D eigenvalue weighted by Gasteiger charge is 2.21. The number of aliphatic hydroxyl groups is 1. The Morgan fingerprint density at radius 2 is 2.16 bits per heavy atom. The largest absolute Gasteiger partial charge is 0.393 e. The highest BCUT2D eigenvalue weighted by atomic mass is 79.9. The molecule has 5 heteroatoms. The van der Waals surface area contributed by atoms with E-state index in [0.29, 0.717) is 31.7 Å². The van der Waals surface area contributed by atoms with Gasteiger partial charge in [0.2, 0.25) is 5.91 Å². The van der Waals surface area contributed by atoms with Crippen LogP contribution in [0.1, 0.15) is 18.4 Å². The third kappa shape index (κ3) is 4.23. The number of benzene rings is 1. The van der Waals surface area contributed by atoms with Crippen molar-refractivity contribution < 1.29 is 9.90 Å². The summed E-state index contributed by atoms with van der Waals surface area (Å²) in [7, 11) is 0. The summed E-state index contributed by atoms with van der Waals surface area (Å²) in [6, 6.07) is 6.10. The Balaban J connectivity index is 1.86. The second-order valence-electron chi connectivity index (χ2n) is 4.81. The molecule has 0 aromatic heterocycles. The minimum atomic E-state index is -0.231. The fourth-order valence-electron chi connectivity index (χ4n) is 2.12. The van der Waals surface area contributed by atoms with Gasteiger partial charge in [0.1, 0.15) is 0 Å². The van der Waals surface area contributed by atoms with Gasteiger partial charge in [-0.25, -0.2) is 0 Å². The lowest BCUT2D eigenvalue weighted by atomic mass is 10.1. The summed E-state index contributed by atoms with van der Waals surface area (Å²) in [5.41, 5.74) is 1.18. The van der Waals surface area contributed by atoms with Crippen LogP contribution in [0.4, 0.5) is 0 Å². The zero-order valence-corrected chi connectivity index (χ0v) is 13.3. The summed E-state index contributed by atoms with van der Waals surface area (Å²) in [5, 5.41) is 9.43. The van der Waals surface area contributed by atoms with E-state index in [0.717, 1.165) is 9.37 Å². The smallest absolute Gasteiger partial charge is 0.232 e. The van der Waals surface area contributed by atoms with Crippen molar-refractivity contribution in [2.24, 2.45) is 0 Å². The molecule has 0 unspecified atom stereocenters. The number of hydrogen-bond acceptors (Lipinski definition) is 3. The number of carbonyl (C=O) groups excluding carboxylic acids is 1. The molecule has 0 bridgehead atoms. The normalized spacial score (nSPS) is 16.7. The number of nitrogens with zero attached hydrogens (tertiary/aromatic N) is 1. The topological polar surface area (TPSA) is 40.5 Å². The number of thioether (sulfide) groups is 1. The summed E-state index contributed by atoms with van der Waals surface area (Å²) in [5.74, 6) is 0.637. The number of rotatable bonds is 3. The molecule has 1 N–H and O–H groups in total. The van der Waals surface area contributed by atoms with Gasteiger partial charge in [-0.1, -0.05) is 15.9 Å². The zero-order valence-electron chi connectivity index (χ0n) is 10.9. The maximum absolute atomic E-state index is 12.1. The molecule has 19 heavy (non-hydrogen) atoms. The summed E-state index contributed by atoms with van der Waals surface area (Å²) < 4.78 is 1.06. The van der Waals surface area contributed by atoms with Crippen molar-refractivity contribution in [3.05, 3.63) is 28.2 Å². The minimum Gasteiger partial charge on any atom is -0.393 e. The molecule has 1 aliphatic rings. The van der Waals surface area contributed by atoms with Gasteiger partial charge in [0.25, 0.3) is 0 Å². The highest BCUT2D eigenvalue weighted by Crippen LogP contribution is 2.25. The van der Waals surface area contributed by atoms with Crippen molar-refractivity contribution in [3.63, 3.8) is 0 Å². The molecule has 2 rings (SSSR count). The van der Waals surface area contributed by atoms with Crippen LogP contribution in [0.15, 0.2) is 27.6 Å². The van der Waals surface area contributed by atoms with Gasteiger partial charge in [-0.05, 0) is 43.5 Å². The van der Waals surface area contributed by atoms with E-state index in [9.17, 15) is 9.90 Å². The first kappa shape index (κ1) is 14.9. The predicted octanol–water partition coefficient (Wildman–Crippen LogP) is 2.83. The van der Waals surface area contributed by atoms with E-state index in [1.54, 1.807) is 11.8 Å². The molecule has 0 spiro atoms. The van der Waals surface area contributed by atoms with Gasteiger partial charge in [-0.3, -0.25) is 4.79 Å². The van der Waals surface area contributed by atoms with Crippen molar-refractivity contribution in [3.8, 4) is 0 Å². The highest BCUT2D eigenvalue weighted by molar-refractivity contribution is 9.10. The van der Waals surface area contributed by atoms with Crippen LogP contribution in [0.25, 0.3) is 0 Å². The lowest BCUT2D eigenvalue weighted by Gasteiger charge is -2.29. The molecule has 1 aromatic carbocycles. The van der Waals surface area contributed by atoms with Gasteiger partial charge in [0, 0.05) is 22.5 Å². The number of carbonyl (C=O) groups is 1. The first-order valence-corrected chi connectivity index (χ1v) is 8.19. The second kappa shape index (κ2) is 6.77. The molecule has 104 valence electrons. The maximum Gasteiger partial charge on any atom is 0.232 e. The Bertz CT molecular complexity index is 459. The predicted molar refractivity (Wildman–Crippen MR) is 81.4 cm³/mol. The van der Waals surface area contributed by atoms with E-state index in [1.807, 2.05) is 17.0 Å². The molecule has 1 amide bonds. The number of piperidine rings is 1. The van der Waals surface area contributed by atoms with Crippen LogP contribution in [0.3, 0.4) is 0 Å². The van der Waals surface area contributed by atoms with Gasteiger partial charge in [-0.15, -0.1) is 11.8 Å². The van der Waals surface area contributed by atoms with E-state index in [-0.39, 0.29) is 12.0 Å². The van der Waals surface area contributed by atoms with Crippen LogP contribution < -0.4 is 0 Å². The first-order valence-electron chi connectivity index (χ1n) is 6.41. The first-order chi connectivity index (χ1) is 9.06. The van der Waals surface area contributed by atoms with Crippen molar-refractivity contribution >= 4 is 33.6 Å². The van der Waals surface area contributed by atoms with E-state index in [4.69, 9.17) is 0 Å². The second-order valence-corrected chi connectivity index (χ2v) is 6.74. The fourth-order valence-corrected chi connectivity index (χ4v) is 3.51. The van der Waals surface area contributed by atoms with E-state index >= 15 is 0 Å². The third-order valence-electron chi connectivity index (χ3n) is 3.31. The molecule has 0 aliphatic carbocycles. The molecule has 1 heterocycles. The quantitative estimate of drug-likeness (QED) is 0.858. The SMILES string of the molecule is Cc1cc(Br)ccc1SCC(=O)N1CCC(O)CC1. The molecule has 0 saturated carbocycles. The maximum atomic E-state index is 12.1. The molecule has 3 nitrogen and oxygen atoms in total. The van der Waals surface area contributed by atoms with Gasteiger partial charge in [0.15, 0.2) is 0 Å². The van der Waals surface area contributed by atoms with Gasteiger partial charge in [0.05, 0.1) is 11.9 Å². The molecule has 0 atom stereocenters. The van der Waals surface area contributed by atoms with E-state index in [2.05, 4.69) is 28.9 Å². The summed E-state index contributed by atoms with van der Waals surface area (Å²) in [4.78, 5) is 15.1. The van der Waals surface area contributed by atoms with E-state index in [1.165, 1.54) is 5.56 Å². The molecule has 0 radical (unpaired) electrons. The summed E-state index contributed by atoms with van der Waals surface area (Å²) in [6.45, 7) is 3.41. The Labute approximate surface area is 126 Å². The Kier molecular flexibility index (Phi) is 5.30. The average molecular weight is 344 g/mol. The minimum absolute atomic E-state index is 0.166. The lowest BCUT2D eigenvalue weighted by molar-refractivity contribution is -0.130. The van der Waals surface area contributed by atoms with Crippen LogP contribution in [-0.2, 0) is 4.79 Å². The number of aryl methyl sites for hydroxylation is 1. The van der Waals surface area contributed by atoms with Gasteiger partial charge < -0.3 is 10.0 Å². The van der Waals surface area contributed by atoms with Crippen LogP contribution in [-0.4, -0.2) is 40.9 Å². The van der Waals surface area contributed by atoms with Crippen molar-refractivity contribution in [1.82, 2.24) is 4.90 Å². The number of hydrogen-bond donors (Lipinski definition) is 1. The van der Waals surface area contributed by atoms with Crippen molar-refractivity contribution in [1.29, 1.82) is 0 Å². The zero-order chi connectivity index (χ0) is 13.8. The molecule has 1 aliphatic heterocycles. The van der Waals surface area contributed by atoms with Gasteiger partial charge in [-0.2, -0.15) is 0 Å². The average Bonchev–Trinajstić information content (AvgIpc) is 2.38. The molecule has 1 aromatic rings.